The van der Waals surface area contributed by atoms with Crippen LogP contribution in [0.5, 0.6) is 0 Å². The number of anilines is 1. The lowest BCUT2D eigenvalue weighted by Crippen LogP contribution is -2.58. The number of nitrogens with zero attached hydrogens (tertiary/aromatic N) is 5. The van der Waals surface area contributed by atoms with E-state index in [0.29, 0.717) is 13.1 Å². The van der Waals surface area contributed by atoms with E-state index in [1.54, 1.807) is 18.6 Å². The summed E-state index contributed by atoms with van der Waals surface area (Å²) in [7, 11) is 0. The van der Waals surface area contributed by atoms with Crippen LogP contribution in [-0.4, -0.2) is 56.7 Å². The highest BCUT2D eigenvalue weighted by Gasteiger charge is 2.54. The highest BCUT2D eigenvalue weighted by molar-refractivity contribution is 9.10. The van der Waals surface area contributed by atoms with E-state index in [1.165, 1.54) is 0 Å². The summed E-state index contributed by atoms with van der Waals surface area (Å²) in [6.45, 7) is 7.76. The monoisotopic (exact) mass is 419 g/mol. The highest BCUT2D eigenvalue weighted by atomic mass is 79.9. The van der Waals surface area contributed by atoms with Gasteiger partial charge in [-0.3, -0.25) is 9.88 Å². The summed E-state index contributed by atoms with van der Waals surface area (Å²) < 4.78 is 6.44. The molecule has 2 aliphatic rings. The second-order valence-electron chi connectivity index (χ2n) is 7.96. The maximum absolute atomic E-state index is 12.6. The Morgan fingerprint density at radius 3 is 2.50 bits per heavy atom. The number of carbonyl (C=O) groups excluding carboxylic acids is 1. The summed E-state index contributed by atoms with van der Waals surface area (Å²) in [6.07, 6.45) is 6.89. The standard InChI is InChI=1S/C18H22BrN5O2/c1-17(2,3)26-16(25)24-9-8-23(11-18(24)4-5-18)15-14-13(12(19)10-22-15)20-6-7-21-14/h6-7,10H,4-5,8-9,11H2,1-3H3. The molecular weight excluding hydrogens is 398 g/mol. The Bertz CT molecular complexity index is 862. The maximum Gasteiger partial charge on any atom is 0.410 e. The molecule has 0 radical (unpaired) electrons. The Hall–Kier alpha value is -1.96. The zero-order chi connectivity index (χ0) is 18.5. The van der Waals surface area contributed by atoms with Gasteiger partial charge in [0.2, 0.25) is 0 Å². The van der Waals surface area contributed by atoms with Crippen molar-refractivity contribution in [3.8, 4) is 0 Å². The molecule has 1 saturated heterocycles. The number of hydrogen-bond donors (Lipinski definition) is 0. The van der Waals surface area contributed by atoms with Gasteiger partial charge in [0, 0.05) is 38.2 Å². The van der Waals surface area contributed by atoms with Crippen molar-refractivity contribution < 1.29 is 9.53 Å². The number of rotatable bonds is 1. The molecule has 1 amide bonds. The van der Waals surface area contributed by atoms with Gasteiger partial charge in [-0.2, -0.15) is 0 Å². The van der Waals surface area contributed by atoms with Crippen molar-refractivity contribution in [3.63, 3.8) is 0 Å². The van der Waals surface area contributed by atoms with Gasteiger partial charge >= 0.3 is 6.09 Å². The molecule has 0 atom stereocenters. The first kappa shape index (κ1) is 17.5. The number of carbonyl (C=O) groups is 1. The maximum atomic E-state index is 12.6. The topological polar surface area (TPSA) is 71.5 Å². The number of hydrogen-bond acceptors (Lipinski definition) is 6. The number of ether oxygens (including phenoxy) is 1. The third-order valence-corrected chi connectivity index (χ3v) is 5.41. The molecule has 3 heterocycles. The molecule has 0 N–H and O–H groups in total. The molecule has 1 aliphatic carbocycles. The van der Waals surface area contributed by atoms with Crippen molar-refractivity contribution in [2.24, 2.45) is 0 Å². The lowest BCUT2D eigenvalue weighted by Gasteiger charge is -2.42. The number of aromatic nitrogens is 3. The van der Waals surface area contributed by atoms with E-state index in [9.17, 15) is 4.79 Å². The van der Waals surface area contributed by atoms with Gasteiger partial charge in [-0.15, -0.1) is 0 Å². The summed E-state index contributed by atoms with van der Waals surface area (Å²) >= 11 is 3.49. The SMILES string of the molecule is CC(C)(C)OC(=O)N1CCN(c2ncc(Br)c3nccnc23)CC12CC2. The van der Waals surface area contributed by atoms with Crippen LogP contribution in [0.2, 0.25) is 0 Å². The van der Waals surface area contributed by atoms with E-state index in [1.807, 2.05) is 25.7 Å². The van der Waals surface area contributed by atoms with Gasteiger partial charge in [-0.05, 0) is 49.5 Å². The Morgan fingerprint density at radius 2 is 1.85 bits per heavy atom. The largest absolute Gasteiger partial charge is 0.444 e. The Labute approximate surface area is 160 Å². The van der Waals surface area contributed by atoms with Gasteiger partial charge < -0.3 is 9.64 Å². The summed E-state index contributed by atoms with van der Waals surface area (Å²) in [4.78, 5) is 30.2. The van der Waals surface area contributed by atoms with Crippen LogP contribution in [0.25, 0.3) is 11.0 Å². The summed E-state index contributed by atoms with van der Waals surface area (Å²) in [5.74, 6) is 0.825. The molecule has 2 aromatic rings. The molecule has 26 heavy (non-hydrogen) atoms. The quantitative estimate of drug-likeness (QED) is 0.705. The number of pyridine rings is 1. The fourth-order valence-corrected chi connectivity index (χ4v) is 3.87. The lowest BCUT2D eigenvalue weighted by molar-refractivity contribution is 0.0106. The average Bonchev–Trinajstić information content (AvgIpc) is 3.33. The molecule has 0 bridgehead atoms. The van der Waals surface area contributed by atoms with E-state index in [4.69, 9.17) is 4.74 Å². The molecule has 4 rings (SSSR count). The van der Waals surface area contributed by atoms with Gasteiger partial charge in [0.25, 0.3) is 0 Å². The van der Waals surface area contributed by atoms with Crippen LogP contribution < -0.4 is 4.90 Å². The van der Waals surface area contributed by atoms with E-state index in [0.717, 1.165) is 40.7 Å². The van der Waals surface area contributed by atoms with Crippen LogP contribution in [0.1, 0.15) is 33.6 Å². The minimum absolute atomic E-state index is 0.149. The van der Waals surface area contributed by atoms with Crippen molar-refractivity contribution >= 4 is 38.9 Å². The fourth-order valence-electron chi connectivity index (χ4n) is 3.48. The van der Waals surface area contributed by atoms with Gasteiger partial charge in [-0.25, -0.2) is 14.8 Å². The first-order chi connectivity index (χ1) is 12.3. The van der Waals surface area contributed by atoms with Crippen LogP contribution in [-0.2, 0) is 4.74 Å². The minimum Gasteiger partial charge on any atom is -0.444 e. The van der Waals surface area contributed by atoms with Crippen molar-refractivity contribution in [3.05, 3.63) is 23.1 Å². The highest BCUT2D eigenvalue weighted by Crippen LogP contribution is 2.46. The zero-order valence-corrected chi connectivity index (χ0v) is 16.8. The minimum atomic E-state index is -0.483. The number of halogens is 1. The Morgan fingerprint density at radius 1 is 1.15 bits per heavy atom. The van der Waals surface area contributed by atoms with Crippen molar-refractivity contribution in [2.45, 2.75) is 44.8 Å². The van der Waals surface area contributed by atoms with Crippen LogP contribution in [0.3, 0.4) is 0 Å². The Balaban J connectivity index is 1.60. The third-order valence-electron chi connectivity index (χ3n) is 4.83. The second kappa shape index (κ2) is 6.04. The summed E-state index contributed by atoms with van der Waals surface area (Å²) in [5, 5.41) is 0. The fraction of sp³-hybridized carbons (Fsp3) is 0.556. The summed E-state index contributed by atoms with van der Waals surface area (Å²) in [6, 6.07) is 0. The van der Waals surface area contributed by atoms with E-state index >= 15 is 0 Å². The molecule has 7 nitrogen and oxygen atoms in total. The molecule has 0 unspecified atom stereocenters. The predicted octanol–water partition coefficient (Wildman–Crippen LogP) is 3.38. The summed E-state index contributed by atoms with van der Waals surface area (Å²) in [5.41, 5.74) is 0.952. The molecule has 1 aliphatic heterocycles. The van der Waals surface area contributed by atoms with E-state index in [-0.39, 0.29) is 11.6 Å². The molecule has 8 heteroatoms. The van der Waals surface area contributed by atoms with Gasteiger partial charge in [0.15, 0.2) is 5.82 Å². The van der Waals surface area contributed by atoms with Crippen molar-refractivity contribution in [2.75, 3.05) is 24.5 Å². The number of piperazine rings is 1. The van der Waals surface area contributed by atoms with Crippen molar-refractivity contribution in [1.82, 2.24) is 19.9 Å². The molecular formula is C18H22BrN5O2. The normalized spacial score (nSPS) is 19.1. The number of fused-ring (bicyclic) bond motifs is 1. The first-order valence-electron chi connectivity index (χ1n) is 8.80. The molecule has 0 aromatic carbocycles. The van der Waals surface area contributed by atoms with Gasteiger partial charge in [0.05, 0.1) is 10.0 Å². The molecule has 2 aromatic heterocycles. The molecule has 138 valence electrons. The molecule has 2 fully saturated rings. The molecule has 1 saturated carbocycles. The van der Waals surface area contributed by atoms with E-state index < -0.39 is 5.60 Å². The number of amides is 1. The van der Waals surface area contributed by atoms with Crippen LogP contribution in [0.4, 0.5) is 10.6 Å². The second-order valence-corrected chi connectivity index (χ2v) is 8.82. The first-order valence-corrected chi connectivity index (χ1v) is 9.59. The van der Waals surface area contributed by atoms with Crippen LogP contribution in [0, 0.1) is 0 Å². The van der Waals surface area contributed by atoms with E-state index in [2.05, 4.69) is 35.8 Å². The smallest absolute Gasteiger partial charge is 0.410 e. The molecule has 1 spiro atoms. The third kappa shape index (κ3) is 3.11. The van der Waals surface area contributed by atoms with Gasteiger partial charge in [-0.1, -0.05) is 0 Å². The van der Waals surface area contributed by atoms with Crippen LogP contribution >= 0.6 is 15.9 Å². The zero-order valence-electron chi connectivity index (χ0n) is 15.2. The Kier molecular flexibility index (Phi) is 4.06. The van der Waals surface area contributed by atoms with Gasteiger partial charge in [0.1, 0.15) is 16.6 Å². The van der Waals surface area contributed by atoms with Crippen LogP contribution in [0.15, 0.2) is 23.1 Å². The predicted molar refractivity (Wildman–Crippen MR) is 102 cm³/mol. The van der Waals surface area contributed by atoms with Crippen molar-refractivity contribution in [1.29, 1.82) is 0 Å². The average molecular weight is 420 g/mol. The lowest BCUT2D eigenvalue weighted by atomic mass is 10.1.